The Bertz CT molecular complexity index is 167. The van der Waals surface area contributed by atoms with Crippen LogP contribution in [0.25, 0.3) is 0 Å². The number of rotatable bonds is 9. The molecule has 0 saturated carbocycles. The van der Waals surface area contributed by atoms with Gasteiger partial charge in [0.25, 0.3) is 0 Å². The summed E-state index contributed by atoms with van der Waals surface area (Å²) in [5.74, 6) is 0. The monoisotopic (exact) mass is 221 g/mol. The second kappa shape index (κ2) is 8.75. The average molecular weight is 221 g/mol. The Morgan fingerprint density at radius 2 is 1.87 bits per heavy atom. The van der Waals surface area contributed by atoms with E-state index in [1.807, 2.05) is 0 Å². The first-order valence-corrected chi connectivity index (χ1v) is 4.78. The van der Waals surface area contributed by atoms with Crippen molar-refractivity contribution in [1.29, 1.82) is 0 Å². The summed E-state index contributed by atoms with van der Waals surface area (Å²) in [4.78, 5) is 3.61. The highest BCUT2D eigenvalue weighted by atomic mass is 16.5. The molecule has 4 N–H and O–H groups in total. The lowest BCUT2D eigenvalue weighted by molar-refractivity contribution is -0.0995. The molecule has 0 aliphatic carbocycles. The molecule has 0 rings (SSSR count). The van der Waals surface area contributed by atoms with Crippen LogP contribution in [0.15, 0.2) is 4.99 Å². The maximum absolute atomic E-state index is 9.29. The lowest BCUT2D eigenvalue weighted by Crippen LogP contribution is -2.41. The highest BCUT2D eigenvalue weighted by Gasteiger charge is 2.23. The van der Waals surface area contributed by atoms with Gasteiger partial charge in [-0.1, -0.05) is 0 Å². The van der Waals surface area contributed by atoms with Gasteiger partial charge in [-0.15, -0.1) is 0 Å². The third-order valence-corrected chi connectivity index (χ3v) is 1.87. The molecule has 0 bridgehead atoms. The van der Waals surface area contributed by atoms with Gasteiger partial charge in [-0.05, 0) is 13.1 Å². The molecule has 0 aliphatic rings. The molecular formula is C9H19NO5. The minimum atomic E-state index is -1.40. The molecule has 0 spiro atoms. The average Bonchev–Trinajstić information content (AvgIpc) is 2.26. The zero-order chi connectivity index (χ0) is 11.7. The fraction of sp³-hybridized carbons (Fsp3) is 0.889. The molecule has 0 aromatic heterocycles. The number of ether oxygens (including phenoxy) is 1. The van der Waals surface area contributed by atoms with Gasteiger partial charge in [-0.3, -0.25) is 0 Å². The molecule has 6 nitrogen and oxygen atoms in total. The van der Waals surface area contributed by atoms with E-state index in [0.717, 1.165) is 0 Å². The molecule has 0 heterocycles. The summed E-state index contributed by atoms with van der Waals surface area (Å²) >= 11 is 0. The smallest absolute Gasteiger partial charge is 0.110 e. The highest BCUT2D eigenvalue weighted by molar-refractivity contribution is 5.22. The molecule has 3 atom stereocenters. The highest BCUT2D eigenvalue weighted by Crippen LogP contribution is 2.00. The number of nitrogens with zero attached hydrogens (tertiary/aromatic N) is 1. The molecule has 0 amide bonds. The SMILES string of the molecule is C=NCCCOCC(O)C(O)C(O)CO. The number of hydrogen-bond donors (Lipinski definition) is 4. The van der Waals surface area contributed by atoms with E-state index >= 15 is 0 Å². The topological polar surface area (TPSA) is 103 Å². The first-order valence-electron chi connectivity index (χ1n) is 4.78. The normalized spacial score (nSPS) is 17.1. The Morgan fingerprint density at radius 3 is 2.40 bits per heavy atom. The first kappa shape index (κ1) is 14.5. The molecular weight excluding hydrogens is 202 g/mol. The molecule has 3 unspecified atom stereocenters. The van der Waals surface area contributed by atoms with Gasteiger partial charge in [0, 0.05) is 13.2 Å². The summed E-state index contributed by atoms with van der Waals surface area (Å²) in [7, 11) is 0. The maximum atomic E-state index is 9.29. The van der Waals surface area contributed by atoms with E-state index < -0.39 is 24.9 Å². The van der Waals surface area contributed by atoms with Crippen LogP contribution in [0.5, 0.6) is 0 Å². The van der Waals surface area contributed by atoms with Crippen molar-refractivity contribution in [2.24, 2.45) is 4.99 Å². The first-order chi connectivity index (χ1) is 7.13. The fourth-order valence-electron chi connectivity index (χ4n) is 0.946. The summed E-state index contributed by atoms with van der Waals surface area (Å²) in [5, 5.41) is 36.0. The van der Waals surface area contributed by atoms with Crippen molar-refractivity contribution in [3.8, 4) is 0 Å². The summed E-state index contributed by atoms with van der Waals surface area (Å²) in [6.45, 7) is 3.60. The predicted molar refractivity (Wildman–Crippen MR) is 55.0 cm³/mol. The number of aliphatic hydroxyl groups is 4. The van der Waals surface area contributed by atoms with Crippen molar-refractivity contribution in [3.63, 3.8) is 0 Å². The van der Waals surface area contributed by atoms with Gasteiger partial charge in [0.2, 0.25) is 0 Å². The molecule has 0 fully saturated rings. The van der Waals surface area contributed by atoms with E-state index in [1.165, 1.54) is 0 Å². The standard InChI is InChI=1S/C9H19NO5/c1-10-3-2-4-15-6-8(13)9(14)7(12)5-11/h7-9,11-14H,1-6H2. The van der Waals surface area contributed by atoms with Crippen LogP contribution < -0.4 is 0 Å². The van der Waals surface area contributed by atoms with E-state index in [2.05, 4.69) is 11.7 Å². The van der Waals surface area contributed by atoms with Gasteiger partial charge in [0.05, 0.1) is 13.2 Å². The van der Waals surface area contributed by atoms with Gasteiger partial charge >= 0.3 is 0 Å². The molecule has 0 saturated heterocycles. The largest absolute Gasteiger partial charge is 0.394 e. The quantitative estimate of drug-likeness (QED) is 0.271. The van der Waals surface area contributed by atoms with Gasteiger partial charge in [-0.2, -0.15) is 0 Å². The van der Waals surface area contributed by atoms with Crippen LogP contribution in [0, 0.1) is 0 Å². The van der Waals surface area contributed by atoms with Crippen molar-refractivity contribution >= 4 is 6.72 Å². The Kier molecular flexibility index (Phi) is 8.44. The van der Waals surface area contributed by atoms with Crippen molar-refractivity contribution in [1.82, 2.24) is 0 Å². The number of aliphatic hydroxyl groups excluding tert-OH is 4. The van der Waals surface area contributed by atoms with Crippen LogP contribution in [0.3, 0.4) is 0 Å². The third kappa shape index (κ3) is 6.53. The maximum Gasteiger partial charge on any atom is 0.110 e. The zero-order valence-corrected chi connectivity index (χ0v) is 8.62. The van der Waals surface area contributed by atoms with Crippen LogP contribution in [0.2, 0.25) is 0 Å². The van der Waals surface area contributed by atoms with E-state index in [4.69, 9.17) is 14.9 Å². The van der Waals surface area contributed by atoms with Crippen molar-refractivity contribution in [2.75, 3.05) is 26.4 Å². The Balaban J connectivity index is 3.54. The summed E-state index contributed by atoms with van der Waals surface area (Å²) in [6, 6.07) is 0. The molecule has 6 heteroatoms. The third-order valence-electron chi connectivity index (χ3n) is 1.87. The summed E-state index contributed by atoms with van der Waals surface area (Å²) in [6.07, 6.45) is -3.26. The van der Waals surface area contributed by atoms with Gasteiger partial charge in [0.15, 0.2) is 0 Å². The van der Waals surface area contributed by atoms with Crippen LogP contribution in [0.1, 0.15) is 6.42 Å². The van der Waals surface area contributed by atoms with Crippen LogP contribution in [0.4, 0.5) is 0 Å². The molecule has 0 aliphatic heterocycles. The van der Waals surface area contributed by atoms with Crippen molar-refractivity contribution in [3.05, 3.63) is 0 Å². The number of hydrogen-bond acceptors (Lipinski definition) is 6. The molecule has 15 heavy (non-hydrogen) atoms. The van der Waals surface area contributed by atoms with Crippen molar-refractivity contribution in [2.45, 2.75) is 24.7 Å². The van der Waals surface area contributed by atoms with Gasteiger partial charge in [0.1, 0.15) is 18.3 Å². The lowest BCUT2D eigenvalue weighted by Gasteiger charge is -2.21. The second-order valence-corrected chi connectivity index (χ2v) is 3.18. The van der Waals surface area contributed by atoms with Crippen LogP contribution in [-0.2, 0) is 4.74 Å². The van der Waals surface area contributed by atoms with Crippen LogP contribution in [-0.4, -0.2) is 71.8 Å². The van der Waals surface area contributed by atoms with Crippen molar-refractivity contribution < 1.29 is 25.2 Å². The summed E-state index contributed by atoms with van der Waals surface area (Å²) in [5.41, 5.74) is 0. The second-order valence-electron chi connectivity index (χ2n) is 3.18. The number of aliphatic imine (C=N–C) groups is 1. The summed E-state index contributed by atoms with van der Waals surface area (Å²) < 4.78 is 5.02. The molecule has 90 valence electrons. The fourth-order valence-corrected chi connectivity index (χ4v) is 0.946. The molecule has 0 radical (unpaired) electrons. The minimum absolute atomic E-state index is 0.0879. The zero-order valence-electron chi connectivity index (χ0n) is 8.62. The van der Waals surface area contributed by atoms with E-state index in [1.54, 1.807) is 0 Å². The van der Waals surface area contributed by atoms with Gasteiger partial charge in [-0.25, -0.2) is 0 Å². The Hall–Kier alpha value is -0.530. The van der Waals surface area contributed by atoms with Crippen LogP contribution >= 0.6 is 0 Å². The van der Waals surface area contributed by atoms with E-state index in [9.17, 15) is 10.2 Å². The predicted octanol–water partition coefficient (Wildman–Crippen LogP) is -1.83. The van der Waals surface area contributed by atoms with Gasteiger partial charge < -0.3 is 30.2 Å². The Morgan fingerprint density at radius 1 is 1.20 bits per heavy atom. The van der Waals surface area contributed by atoms with E-state index in [-0.39, 0.29) is 6.61 Å². The lowest BCUT2D eigenvalue weighted by atomic mass is 10.1. The molecule has 0 aromatic rings. The minimum Gasteiger partial charge on any atom is -0.394 e. The Labute approximate surface area is 88.8 Å². The molecule has 0 aromatic carbocycles. The van der Waals surface area contributed by atoms with E-state index in [0.29, 0.717) is 19.6 Å².